The maximum atomic E-state index is 13.4. The van der Waals surface area contributed by atoms with E-state index in [0.29, 0.717) is 9.54 Å². The second-order valence-electron chi connectivity index (χ2n) is 7.99. The van der Waals surface area contributed by atoms with Gasteiger partial charge in [-0.15, -0.1) is 5.06 Å². The molecule has 4 rings (SSSR count). The fourth-order valence-corrected chi connectivity index (χ4v) is 4.17. The second-order valence-corrected chi connectivity index (χ2v) is 8.84. The molecule has 3 aromatic rings. The number of nitrogens with zero attached hydrogens (tertiary/aromatic N) is 3. The molecular formula is C25H19BrF3N3O5. The molecule has 1 aliphatic rings. The van der Waals surface area contributed by atoms with Crippen molar-refractivity contribution >= 4 is 33.7 Å². The molecule has 0 fully saturated rings. The van der Waals surface area contributed by atoms with E-state index in [9.17, 15) is 27.6 Å². The average molecular weight is 578 g/mol. The number of pyridine rings is 1. The number of hydroxylamine groups is 2. The van der Waals surface area contributed by atoms with E-state index in [0.717, 1.165) is 17.0 Å². The number of halogens is 4. The average Bonchev–Trinajstić information content (AvgIpc) is 3.13. The topological polar surface area (TPSA) is 89.0 Å². The summed E-state index contributed by atoms with van der Waals surface area (Å²) in [5, 5.41) is 0.546. The molecule has 8 nitrogen and oxygen atoms in total. The third-order valence-electron chi connectivity index (χ3n) is 5.73. The number of methoxy groups -OCH3 is 1. The number of aromatic nitrogens is 1. The molecule has 0 aliphatic carbocycles. The van der Waals surface area contributed by atoms with Gasteiger partial charge in [-0.05, 0) is 57.9 Å². The molecule has 1 atom stereocenters. The summed E-state index contributed by atoms with van der Waals surface area (Å²) in [6.45, 7) is -0.497. The van der Waals surface area contributed by atoms with Crippen molar-refractivity contribution in [1.82, 2.24) is 14.9 Å². The number of carbonyl (C=O) groups excluding carboxylic acids is 3. The number of ether oxygens (including phenoxy) is 1. The summed E-state index contributed by atoms with van der Waals surface area (Å²) in [6, 6.07) is 12.3. The summed E-state index contributed by atoms with van der Waals surface area (Å²) < 4.78 is 45.9. The van der Waals surface area contributed by atoms with Crippen molar-refractivity contribution < 1.29 is 37.1 Å². The van der Waals surface area contributed by atoms with Crippen LogP contribution < -0.4 is 4.74 Å². The van der Waals surface area contributed by atoms with Gasteiger partial charge >= 0.3 is 6.18 Å². The van der Waals surface area contributed by atoms with Gasteiger partial charge in [0.25, 0.3) is 17.7 Å². The Labute approximate surface area is 217 Å². The Hall–Kier alpha value is -3.77. The number of amides is 3. The normalized spacial score (nSPS) is 13.9. The van der Waals surface area contributed by atoms with Gasteiger partial charge in [0.05, 0.1) is 34.3 Å². The van der Waals surface area contributed by atoms with E-state index >= 15 is 0 Å². The third kappa shape index (κ3) is 5.20. The van der Waals surface area contributed by atoms with Gasteiger partial charge < -0.3 is 9.64 Å². The molecule has 1 aliphatic heterocycles. The number of likely N-dealkylation sites (N-methyl/N-ethyl adjacent to an activating group) is 1. The van der Waals surface area contributed by atoms with Crippen LogP contribution in [0.5, 0.6) is 5.88 Å². The van der Waals surface area contributed by atoms with Crippen LogP contribution in [-0.4, -0.2) is 53.4 Å². The molecule has 0 saturated carbocycles. The molecule has 2 heterocycles. The van der Waals surface area contributed by atoms with Crippen LogP contribution in [0.2, 0.25) is 0 Å². The highest BCUT2D eigenvalue weighted by Gasteiger charge is 2.38. The van der Waals surface area contributed by atoms with Gasteiger partial charge in [0.1, 0.15) is 12.3 Å². The number of hydrogen-bond acceptors (Lipinski definition) is 6. The number of imide groups is 1. The standard InChI is InChI=1S/C25H19BrF3N3O5/c1-31(24(35)19-11-10-18(26)21(30-19)36-2)20(14-6-5-7-15(12-14)25(27,28)29)13-37-32-22(33)16-8-3-4-9-17(16)23(32)34/h3-12,20H,13H2,1-2H3. The molecule has 37 heavy (non-hydrogen) atoms. The first-order valence-electron chi connectivity index (χ1n) is 10.8. The molecule has 0 spiro atoms. The highest BCUT2D eigenvalue weighted by Crippen LogP contribution is 2.33. The molecule has 0 N–H and O–H groups in total. The fourth-order valence-electron chi connectivity index (χ4n) is 3.79. The zero-order valence-corrected chi connectivity index (χ0v) is 21.0. The van der Waals surface area contributed by atoms with Crippen LogP contribution in [-0.2, 0) is 11.0 Å². The van der Waals surface area contributed by atoms with E-state index < -0.39 is 42.1 Å². The van der Waals surface area contributed by atoms with Gasteiger partial charge in [-0.3, -0.25) is 19.2 Å². The molecule has 3 amide bonds. The van der Waals surface area contributed by atoms with Crippen molar-refractivity contribution in [2.45, 2.75) is 12.2 Å². The molecule has 0 saturated heterocycles. The fraction of sp³-hybridized carbons (Fsp3) is 0.200. The van der Waals surface area contributed by atoms with E-state index in [4.69, 9.17) is 9.57 Å². The van der Waals surface area contributed by atoms with Gasteiger partial charge in [-0.2, -0.15) is 13.2 Å². The van der Waals surface area contributed by atoms with Gasteiger partial charge in [0, 0.05) is 7.05 Å². The third-order valence-corrected chi connectivity index (χ3v) is 6.33. The Kier molecular flexibility index (Phi) is 7.32. The molecule has 2 aromatic carbocycles. The van der Waals surface area contributed by atoms with Crippen molar-refractivity contribution in [2.24, 2.45) is 0 Å². The first kappa shape index (κ1) is 26.3. The number of carbonyl (C=O) groups is 3. The van der Waals surface area contributed by atoms with Crippen LogP contribution in [0.25, 0.3) is 0 Å². The van der Waals surface area contributed by atoms with Crippen molar-refractivity contribution in [3.8, 4) is 5.88 Å². The van der Waals surface area contributed by atoms with Crippen LogP contribution in [0.3, 0.4) is 0 Å². The molecule has 0 radical (unpaired) electrons. The summed E-state index contributed by atoms with van der Waals surface area (Å²) in [7, 11) is 2.72. The largest absolute Gasteiger partial charge is 0.480 e. The lowest BCUT2D eigenvalue weighted by atomic mass is 10.0. The Bertz CT molecular complexity index is 1350. The molecule has 1 aromatic heterocycles. The quantitative estimate of drug-likeness (QED) is 0.371. The lowest BCUT2D eigenvalue weighted by Gasteiger charge is -2.29. The zero-order chi connectivity index (χ0) is 26.9. The molecule has 1 unspecified atom stereocenters. The van der Waals surface area contributed by atoms with Gasteiger partial charge in [-0.25, -0.2) is 4.98 Å². The van der Waals surface area contributed by atoms with E-state index in [2.05, 4.69) is 20.9 Å². The Morgan fingerprint density at radius 3 is 2.30 bits per heavy atom. The van der Waals surface area contributed by atoms with E-state index in [-0.39, 0.29) is 28.3 Å². The Morgan fingerprint density at radius 1 is 1.05 bits per heavy atom. The smallest absolute Gasteiger partial charge is 0.416 e. The first-order valence-corrected chi connectivity index (χ1v) is 11.6. The number of hydrogen-bond donors (Lipinski definition) is 0. The predicted molar refractivity (Wildman–Crippen MR) is 128 cm³/mol. The SMILES string of the molecule is COc1nc(C(=O)N(C)C(CON2C(=O)c3ccccc3C2=O)c2cccc(C(F)(F)F)c2)ccc1Br. The minimum atomic E-state index is -4.63. The first-order chi connectivity index (χ1) is 17.5. The zero-order valence-electron chi connectivity index (χ0n) is 19.5. The highest BCUT2D eigenvalue weighted by atomic mass is 79.9. The summed E-state index contributed by atoms with van der Waals surface area (Å²) in [5.41, 5.74) is -0.621. The molecule has 192 valence electrons. The summed E-state index contributed by atoms with van der Waals surface area (Å²) in [4.78, 5) is 49.5. The lowest BCUT2D eigenvalue weighted by Crippen LogP contribution is -2.38. The minimum absolute atomic E-state index is 0.0414. The minimum Gasteiger partial charge on any atom is -0.480 e. The van der Waals surface area contributed by atoms with Crippen LogP contribution in [0, 0.1) is 0 Å². The summed E-state index contributed by atoms with van der Waals surface area (Å²) in [5.74, 6) is -1.94. The number of benzene rings is 2. The van der Waals surface area contributed by atoms with Crippen LogP contribution >= 0.6 is 15.9 Å². The van der Waals surface area contributed by atoms with Gasteiger partial charge in [0.15, 0.2) is 0 Å². The van der Waals surface area contributed by atoms with Crippen LogP contribution in [0.1, 0.15) is 48.4 Å². The maximum Gasteiger partial charge on any atom is 0.416 e. The second kappa shape index (κ2) is 10.3. The Morgan fingerprint density at radius 2 is 1.70 bits per heavy atom. The van der Waals surface area contributed by atoms with Crippen molar-refractivity contribution in [3.05, 3.63) is 93.1 Å². The number of alkyl halides is 3. The van der Waals surface area contributed by atoms with E-state index in [1.165, 1.54) is 44.5 Å². The van der Waals surface area contributed by atoms with Gasteiger partial charge in [0.2, 0.25) is 5.88 Å². The van der Waals surface area contributed by atoms with Crippen LogP contribution in [0.4, 0.5) is 13.2 Å². The predicted octanol–water partition coefficient (Wildman–Crippen LogP) is 4.91. The van der Waals surface area contributed by atoms with E-state index in [1.807, 2.05) is 0 Å². The number of fused-ring (bicyclic) bond motifs is 1. The highest BCUT2D eigenvalue weighted by molar-refractivity contribution is 9.10. The maximum absolute atomic E-state index is 13.4. The van der Waals surface area contributed by atoms with E-state index in [1.54, 1.807) is 18.2 Å². The monoisotopic (exact) mass is 577 g/mol. The lowest BCUT2D eigenvalue weighted by molar-refractivity contribution is -0.137. The van der Waals surface area contributed by atoms with Gasteiger partial charge in [-0.1, -0.05) is 24.3 Å². The molecular weight excluding hydrogens is 559 g/mol. The number of rotatable bonds is 7. The summed E-state index contributed by atoms with van der Waals surface area (Å²) >= 11 is 3.25. The molecule has 12 heteroatoms. The Balaban J connectivity index is 1.66. The molecule has 0 bridgehead atoms. The van der Waals surface area contributed by atoms with Crippen molar-refractivity contribution in [1.29, 1.82) is 0 Å². The van der Waals surface area contributed by atoms with Crippen molar-refractivity contribution in [3.63, 3.8) is 0 Å². The van der Waals surface area contributed by atoms with Crippen molar-refractivity contribution in [2.75, 3.05) is 20.8 Å². The van der Waals surface area contributed by atoms with Crippen LogP contribution in [0.15, 0.2) is 65.1 Å². The summed E-state index contributed by atoms with van der Waals surface area (Å²) in [6.07, 6.45) is -4.63.